The topological polar surface area (TPSA) is 56.7 Å². The van der Waals surface area contributed by atoms with E-state index in [1.807, 2.05) is 11.7 Å². The molecule has 0 aliphatic heterocycles. The molecule has 1 aromatic rings. The van der Waals surface area contributed by atoms with Crippen LogP contribution in [0.2, 0.25) is 0 Å². The lowest BCUT2D eigenvalue weighted by Crippen LogP contribution is -2.13. The van der Waals surface area contributed by atoms with Crippen molar-refractivity contribution in [2.45, 2.75) is 58.3 Å². The molecular formula is C13H26N4. The van der Waals surface area contributed by atoms with Crippen molar-refractivity contribution in [3.8, 4) is 0 Å². The number of nitrogens with zero attached hydrogens (tertiary/aromatic N) is 3. The summed E-state index contributed by atoms with van der Waals surface area (Å²) < 4.78 is 1.92. The quantitative estimate of drug-likeness (QED) is 0.773. The maximum Gasteiger partial charge on any atom is 0.156 e. The average Bonchev–Trinajstić information content (AvgIpc) is 2.60. The SMILES string of the molecule is Cn1nc(C(C)(C)C)nc1CCCCCCN. The first-order valence-corrected chi connectivity index (χ1v) is 6.55. The minimum atomic E-state index is 0.0373. The zero-order chi connectivity index (χ0) is 12.9. The maximum absolute atomic E-state index is 5.47. The normalized spacial score (nSPS) is 12.1. The Hall–Kier alpha value is -0.900. The molecule has 17 heavy (non-hydrogen) atoms. The molecule has 1 aromatic heterocycles. The largest absolute Gasteiger partial charge is 0.330 e. The lowest BCUT2D eigenvalue weighted by molar-refractivity contribution is 0.538. The van der Waals surface area contributed by atoms with Gasteiger partial charge in [-0.2, -0.15) is 5.10 Å². The smallest absolute Gasteiger partial charge is 0.156 e. The predicted octanol–water partition coefficient (Wildman–Crippen LogP) is 2.17. The van der Waals surface area contributed by atoms with Gasteiger partial charge in [-0.1, -0.05) is 33.6 Å². The Morgan fingerprint density at radius 2 is 1.76 bits per heavy atom. The number of nitrogens with two attached hydrogens (primary N) is 1. The highest BCUT2D eigenvalue weighted by Crippen LogP contribution is 2.18. The van der Waals surface area contributed by atoms with Gasteiger partial charge >= 0.3 is 0 Å². The summed E-state index contributed by atoms with van der Waals surface area (Å²) in [5.41, 5.74) is 5.51. The molecule has 0 radical (unpaired) electrons. The molecule has 1 rings (SSSR count). The Kier molecular flexibility index (Phi) is 5.12. The van der Waals surface area contributed by atoms with Crippen LogP contribution < -0.4 is 5.73 Å². The van der Waals surface area contributed by atoms with E-state index in [-0.39, 0.29) is 5.41 Å². The Morgan fingerprint density at radius 1 is 1.12 bits per heavy atom. The molecule has 0 amide bonds. The molecule has 0 aliphatic carbocycles. The van der Waals surface area contributed by atoms with E-state index in [2.05, 4.69) is 30.9 Å². The monoisotopic (exact) mass is 238 g/mol. The molecule has 0 bridgehead atoms. The summed E-state index contributed by atoms with van der Waals surface area (Å²) in [6.07, 6.45) is 5.78. The van der Waals surface area contributed by atoms with Crippen LogP contribution >= 0.6 is 0 Å². The molecule has 4 heteroatoms. The van der Waals surface area contributed by atoms with E-state index >= 15 is 0 Å². The molecule has 98 valence electrons. The standard InChI is InChI=1S/C13H26N4/c1-13(2,3)12-15-11(17(4)16-12)9-7-5-6-8-10-14/h5-10,14H2,1-4H3. The van der Waals surface area contributed by atoms with Crippen LogP contribution in [0.5, 0.6) is 0 Å². The van der Waals surface area contributed by atoms with E-state index in [1.54, 1.807) is 0 Å². The summed E-state index contributed by atoms with van der Waals surface area (Å²) in [7, 11) is 1.98. The van der Waals surface area contributed by atoms with Gasteiger partial charge in [0.25, 0.3) is 0 Å². The van der Waals surface area contributed by atoms with Crippen LogP contribution in [0.3, 0.4) is 0 Å². The Balaban J connectivity index is 2.46. The molecule has 4 nitrogen and oxygen atoms in total. The lowest BCUT2D eigenvalue weighted by atomic mass is 9.96. The predicted molar refractivity (Wildman–Crippen MR) is 70.9 cm³/mol. The highest BCUT2D eigenvalue weighted by Gasteiger charge is 2.20. The Morgan fingerprint density at radius 3 is 2.29 bits per heavy atom. The van der Waals surface area contributed by atoms with Gasteiger partial charge in [-0.3, -0.25) is 4.68 Å². The molecule has 2 N–H and O–H groups in total. The summed E-state index contributed by atoms with van der Waals surface area (Å²) in [6.45, 7) is 7.24. The third-order valence-electron chi connectivity index (χ3n) is 2.88. The highest BCUT2D eigenvalue weighted by atomic mass is 15.3. The molecule has 1 heterocycles. The third-order valence-corrected chi connectivity index (χ3v) is 2.88. The van der Waals surface area contributed by atoms with Crippen molar-refractivity contribution in [1.82, 2.24) is 14.8 Å². The van der Waals surface area contributed by atoms with Crippen LogP contribution in [-0.4, -0.2) is 21.3 Å². The van der Waals surface area contributed by atoms with Crippen LogP contribution in [0, 0.1) is 0 Å². The number of aromatic nitrogens is 3. The molecule has 0 saturated carbocycles. The zero-order valence-corrected chi connectivity index (χ0v) is 11.7. The molecule has 0 atom stereocenters. The average molecular weight is 238 g/mol. The van der Waals surface area contributed by atoms with E-state index in [9.17, 15) is 0 Å². The maximum atomic E-state index is 5.47. The van der Waals surface area contributed by atoms with Crippen molar-refractivity contribution < 1.29 is 0 Å². The van der Waals surface area contributed by atoms with Crippen LogP contribution in [0.25, 0.3) is 0 Å². The minimum Gasteiger partial charge on any atom is -0.330 e. The number of hydrogen-bond donors (Lipinski definition) is 1. The van der Waals surface area contributed by atoms with Gasteiger partial charge in [0.05, 0.1) is 0 Å². The fourth-order valence-electron chi connectivity index (χ4n) is 1.73. The van der Waals surface area contributed by atoms with Crippen molar-refractivity contribution in [1.29, 1.82) is 0 Å². The Bertz CT molecular complexity index is 336. The van der Waals surface area contributed by atoms with E-state index in [4.69, 9.17) is 5.73 Å². The minimum absolute atomic E-state index is 0.0373. The van der Waals surface area contributed by atoms with Crippen molar-refractivity contribution in [3.63, 3.8) is 0 Å². The zero-order valence-electron chi connectivity index (χ0n) is 11.7. The fourth-order valence-corrected chi connectivity index (χ4v) is 1.73. The van der Waals surface area contributed by atoms with Crippen molar-refractivity contribution in [2.24, 2.45) is 12.8 Å². The van der Waals surface area contributed by atoms with Crippen LogP contribution in [-0.2, 0) is 18.9 Å². The lowest BCUT2D eigenvalue weighted by Gasteiger charge is -2.12. The van der Waals surface area contributed by atoms with Crippen molar-refractivity contribution in [2.75, 3.05) is 6.54 Å². The van der Waals surface area contributed by atoms with Crippen molar-refractivity contribution in [3.05, 3.63) is 11.6 Å². The molecule has 0 saturated heterocycles. The molecule has 0 aromatic carbocycles. The van der Waals surface area contributed by atoms with Crippen LogP contribution in [0.15, 0.2) is 0 Å². The molecule has 0 fully saturated rings. The van der Waals surface area contributed by atoms with Gasteiger partial charge in [0.1, 0.15) is 5.82 Å². The van der Waals surface area contributed by atoms with Crippen molar-refractivity contribution >= 4 is 0 Å². The first-order valence-electron chi connectivity index (χ1n) is 6.55. The molecule has 0 spiro atoms. The van der Waals surface area contributed by atoms with Crippen LogP contribution in [0.4, 0.5) is 0 Å². The summed E-state index contributed by atoms with van der Waals surface area (Å²) in [5.74, 6) is 2.04. The molecule has 0 unspecified atom stereocenters. The second-order valence-electron chi connectivity index (χ2n) is 5.68. The number of aryl methyl sites for hydroxylation is 2. The van der Waals surface area contributed by atoms with Gasteiger partial charge in [-0.05, 0) is 19.4 Å². The van der Waals surface area contributed by atoms with E-state index in [1.165, 1.54) is 19.3 Å². The summed E-state index contributed by atoms with van der Waals surface area (Å²) in [4.78, 5) is 4.63. The summed E-state index contributed by atoms with van der Waals surface area (Å²) in [6, 6.07) is 0. The highest BCUT2D eigenvalue weighted by molar-refractivity contribution is 5.03. The van der Waals surface area contributed by atoms with E-state index in [0.29, 0.717) is 0 Å². The second kappa shape index (κ2) is 6.15. The molecule has 0 aliphatic rings. The van der Waals surface area contributed by atoms with Gasteiger partial charge in [0, 0.05) is 18.9 Å². The first-order chi connectivity index (χ1) is 7.95. The fraction of sp³-hybridized carbons (Fsp3) is 0.846. The first kappa shape index (κ1) is 14.2. The number of unbranched alkanes of at least 4 members (excludes halogenated alkanes) is 3. The molecular weight excluding hydrogens is 212 g/mol. The summed E-state index contributed by atoms with van der Waals surface area (Å²) >= 11 is 0. The number of hydrogen-bond acceptors (Lipinski definition) is 3. The van der Waals surface area contributed by atoms with Crippen LogP contribution in [0.1, 0.15) is 58.1 Å². The van der Waals surface area contributed by atoms with Gasteiger partial charge in [0.2, 0.25) is 0 Å². The van der Waals surface area contributed by atoms with E-state index < -0.39 is 0 Å². The summed E-state index contributed by atoms with van der Waals surface area (Å²) in [5, 5.41) is 4.48. The third kappa shape index (κ3) is 4.46. The van der Waals surface area contributed by atoms with E-state index in [0.717, 1.165) is 31.0 Å². The van der Waals surface area contributed by atoms with Gasteiger partial charge in [0.15, 0.2) is 5.82 Å². The van der Waals surface area contributed by atoms with Gasteiger partial charge in [-0.15, -0.1) is 0 Å². The second-order valence-corrected chi connectivity index (χ2v) is 5.68. The van der Waals surface area contributed by atoms with Gasteiger partial charge in [-0.25, -0.2) is 4.98 Å². The number of rotatable bonds is 6. The van der Waals surface area contributed by atoms with Gasteiger partial charge < -0.3 is 5.73 Å². The Labute approximate surface area is 105 Å².